The summed E-state index contributed by atoms with van der Waals surface area (Å²) >= 11 is 0. The zero-order chi connectivity index (χ0) is 12.8. The quantitative estimate of drug-likeness (QED) is 0.645. The standard InChI is InChI=1S/C17H14O2/c1-18-12-7-9-14-15-8-6-11-4-2-3-5-13(11)17(15)19-16(14)10-12/h2-5,7,9-10H,6,8H2,1H3. The Bertz CT molecular complexity index is 768. The van der Waals surface area contributed by atoms with Crippen molar-refractivity contribution in [3.8, 4) is 17.1 Å². The number of hydrogen-bond donors (Lipinski definition) is 0. The molecule has 4 rings (SSSR count). The molecule has 0 amide bonds. The van der Waals surface area contributed by atoms with Gasteiger partial charge in [0.05, 0.1) is 7.11 Å². The summed E-state index contributed by atoms with van der Waals surface area (Å²) in [5, 5.41) is 1.21. The van der Waals surface area contributed by atoms with Crippen LogP contribution in [0.2, 0.25) is 0 Å². The summed E-state index contributed by atoms with van der Waals surface area (Å²) < 4.78 is 11.3. The number of rotatable bonds is 1. The van der Waals surface area contributed by atoms with Crippen molar-refractivity contribution < 1.29 is 9.15 Å². The number of fused-ring (bicyclic) bond motifs is 5. The predicted octanol–water partition coefficient (Wildman–Crippen LogP) is 4.21. The Labute approximate surface area is 111 Å². The number of aryl methyl sites for hydroxylation is 2. The van der Waals surface area contributed by atoms with E-state index in [2.05, 4.69) is 30.3 Å². The van der Waals surface area contributed by atoms with E-state index in [1.165, 1.54) is 22.1 Å². The van der Waals surface area contributed by atoms with Crippen molar-refractivity contribution in [2.45, 2.75) is 12.8 Å². The molecule has 0 fully saturated rings. The van der Waals surface area contributed by atoms with Crippen LogP contribution in [0.15, 0.2) is 46.9 Å². The Kier molecular flexibility index (Phi) is 2.18. The highest BCUT2D eigenvalue weighted by molar-refractivity contribution is 5.90. The first-order valence-corrected chi connectivity index (χ1v) is 6.54. The van der Waals surface area contributed by atoms with Crippen molar-refractivity contribution in [1.29, 1.82) is 0 Å². The third-order valence-corrected chi connectivity index (χ3v) is 3.91. The van der Waals surface area contributed by atoms with Crippen LogP contribution in [-0.2, 0) is 12.8 Å². The lowest BCUT2D eigenvalue weighted by Gasteiger charge is -2.14. The summed E-state index contributed by atoms with van der Waals surface area (Å²) in [6.07, 6.45) is 2.13. The van der Waals surface area contributed by atoms with Gasteiger partial charge in [0.15, 0.2) is 0 Å². The van der Waals surface area contributed by atoms with Crippen molar-refractivity contribution in [2.24, 2.45) is 0 Å². The van der Waals surface area contributed by atoms with Crippen LogP contribution in [0.3, 0.4) is 0 Å². The number of methoxy groups -OCH3 is 1. The van der Waals surface area contributed by atoms with Gasteiger partial charge in [0, 0.05) is 22.6 Å². The van der Waals surface area contributed by atoms with E-state index in [1.54, 1.807) is 7.11 Å². The molecular weight excluding hydrogens is 236 g/mol. The number of benzene rings is 2. The molecule has 19 heavy (non-hydrogen) atoms. The van der Waals surface area contributed by atoms with Gasteiger partial charge in [-0.15, -0.1) is 0 Å². The van der Waals surface area contributed by atoms with E-state index < -0.39 is 0 Å². The molecule has 2 nitrogen and oxygen atoms in total. The molecule has 0 N–H and O–H groups in total. The lowest BCUT2D eigenvalue weighted by atomic mass is 9.89. The molecule has 1 aromatic heterocycles. The summed E-state index contributed by atoms with van der Waals surface area (Å²) in [7, 11) is 1.68. The zero-order valence-corrected chi connectivity index (χ0v) is 10.8. The minimum Gasteiger partial charge on any atom is -0.497 e. The third-order valence-electron chi connectivity index (χ3n) is 3.91. The SMILES string of the molecule is COc1ccc2c3c(oc2c1)-c1ccccc1CC3. The minimum atomic E-state index is 0.840. The van der Waals surface area contributed by atoms with E-state index >= 15 is 0 Å². The summed E-state index contributed by atoms with van der Waals surface area (Å²) in [5.74, 6) is 1.87. The van der Waals surface area contributed by atoms with Crippen molar-refractivity contribution in [3.63, 3.8) is 0 Å². The number of furan rings is 1. The van der Waals surface area contributed by atoms with Gasteiger partial charge in [-0.25, -0.2) is 0 Å². The Morgan fingerprint density at radius 3 is 2.84 bits per heavy atom. The molecule has 0 spiro atoms. The van der Waals surface area contributed by atoms with Crippen LogP contribution in [-0.4, -0.2) is 7.11 Å². The summed E-state index contributed by atoms with van der Waals surface area (Å²) in [6.45, 7) is 0. The van der Waals surface area contributed by atoms with E-state index in [0.29, 0.717) is 0 Å². The normalized spacial score (nSPS) is 13.1. The van der Waals surface area contributed by atoms with Crippen LogP contribution >= 0.6 is 0 Å². The molecule has 0 saturated carbocycles. The average Bonchev–Trinajstić information content (AvgIpc) is 2.85. The maximum absolute atomic E-state index is 6.08. The summed E-state index contributed by atoms with van der Waals surface area (Å²) in [4.78, 5) is 0. The zero-order valence-electron chi connectivity index (χ0n) is 10.8. The Balaban J connectivity index is 2.01. The van der Waals surface area contributed by atoms with Gasteiger partial charge in [0.1, 0.15) is 17.1 Å². The first kappa shape index (κ1) is 10.7. The minimum absolute atomic E-state index is 0.840. The fraction of sp³-hybridized carbons (Fsp3) is 0.176. The molecule has 0 saturated heterocycles. The average molecular weight is 250 g/mol. The smallest absolute Gasteiger partial charge is 0.138 e. The van der Waals surface area contributed by atoms with Crippen molar-refractivity contribution >= 4 is 11.0 Å². The van der Waals surface area contributed by atoms with Gasteiger partial charge in [-0.2, -0.15) is 0 Å². The molecule has 2 heteroatoms. The van der Waals surface area contributed by atoms with Crippen LogP contribution in [0.4, 0.5) is 0 Å². The second kappa shape index (κ2) is 3.89. The highest BCUT2D eigenvalue weighted by atomic mass is 16.5. The van der Waals surface area contributed by atoms with Gasteiger partial charge in [0.2, 0.25) is 0 Å². The van der Waals surface area contributed by atoms with E-state index in [9.17, 15) is 0 Å². The highest BCUT2D eigenvalue weighted by Gasteiger charge is 2.22. The molecule has 0 aliphatic heterocycles. The van der Waals surface area contributed by atoms with E-state index in [0.717, 1.165) is 29.9 Å². The topological polar surface area (TPSA) is 22.4 Å². The van der Waals surface area contributed by atoms with E-state index in [4.69, 9.17) is 9.15 Å². The van der Waals surface area contributed by atoms with Crippen molar-refractivity contribution in [2.75, 3.05) is 7.11 Å². The second-order valence-electron chi connectivity index (χ2n) is 4.93. The van der Waals surface area contributed by atoms with Crippen LogP contribution in [0.25, 0.3) is 22.3 Å². The number of ether oxygens (including phenoxy) is 1. The van der Waals surface area contributed by atoms with Gasteiger partial charge >= 0.3 is 0 Å². The van der Waals surface area contributed by atoms with Gasteiger partial charge in [0.25, 0.3) is 0 Å². The van der Waals surface area contributed by atoms with E-state index in [1.807, 2.05) is 12.1 Å². The third kappa shape index (κ3) is 1.49. The highest BCUT2D eigenvalue weighted by Crippen LogP contribution is 2.40. The molecule has 1 aliphatic rings. The lowest BCUT2D eigenvalue weighted by molar-refractivity contribution is 0.414. The largest absolute Gasteiger partial charge is 0.497 e. The second-order valence-corrected chi connectivity index (χ2v) is 4.93. The first-order valence-electron chi connectivity index (χ1n) is 6.54. The van der Waals surface area contributed by atoms with Crippen LogP contribution < -0.4 is 4.74 Å². The Hall–Kier alpha value is -2.22. The summed E-state index contributed by atoms with van der Waals surface area (Å²) in [6, 6.07) is 14.6. The Morgan fingerprint density at radius 1 is 1.05 bits per heavy atom. The molecule has 1 aliphatic carbocycles. The molecule has 0 radical (unpaired) electrons. The first-order chi connectivity index (χ1) is 9.36. The van der Waals surface area contributed by atoms with Gasteiger partial charge in [-0.1, -0.05) is 24.3 Å². The monoisotopic (exact) mass is 250 g/mol. The molecule has 2 aromatic carbocycles. The molecular formula is C17H14O2. The van der Waals surface area contributed by atoms with Crippen molar-refractivity contribution in [1.82, 2.24) is 0 Å². The van der Waals surface area contributed by atoms with Crippen LogP contribution in [0.5, 0.6) is 5.75 Å². The van der Waals surface area contributed by atoms with Gasteiger partial charge in [-0.3, -0.25) is 0 Å². The Morgan fingerprint density at radius 2 is 1.95 bits per heavy atom. The van der Waals surface area contributed by atoms with Gasteiger partial charge < -0.3 is 9.15 Å². The molecule has 1 heterocycles. The van der Waals surface area contributed by atoms with Crippen LogP contribution in [0, 0.1) is 0 Å². The molecule has 0 bridgehead atoms. The molecule has 94 valence electrons. The summed E-state index contributed by atoms with van der Waals surface area (Å²) in [5.41, 5.74) is 4.86. The maximum Gasteiger partial charge on any atom is 0.138 e. The molecule has 0 unspecified atom stereocenters. The fourth-order valence-corrected chi connectivity index (χ4v) is 2.94. The lowest BCUT2D eigenvalue weighted by Crippen LogP contribution is -2.01. The van der Waals surface area contributed by atoms with Gasteiger partial charge in [-0.05, 0) is 30.5 Å². The number of hydrogen-bond acceptors (Lipinski definition) is 2. The molecule has 3 aromatic rings. The maximum atomic E-state index is 6.08. The van der Waals surface area contributed by atoms with Crippen molar-refractivity contribution in [3.05, 3.63) is 53.6 Å². The molecule has 0 atom stereocenters. The fourth-order valence-electron chi connectivity index (χ4n) is 2.94. The van der Waals surface area contributed by atoms with E-state index in [-0.39, 0.29) is 0 Å². The predicted molar refractivity (Wildman–Crippen MR) is 75.6 cm³/mol. The van der Waals surface area contributed by atoms with Crippen LogP contribution in [0.1, 0.15) is 11.1 Å².